The minimum Gasteiger partial charge on any atom is -0.344 e. The number of rotatable bonds is 2. The van der Waals surface area contributed by atoms with Crippen molar-refractivity contribution < 1.29 is 9.18 Å². The van der Waals surface area contributed by atoms with Crippen molar-refractivity contribution in [3.63, 3.8) is 0 Å². The van der Waals surface area contributed by atoms with Gasteiger partial charge in [0.15, 0.2) is 0 Å². The lowest BCUT2D eigenvalue weighted by Gasteiger charge is -2.32. The van der Waals surface area contributed by atoms with Gasteiger partial charge in [0.25, 0.3) is 5.91 Å². The van der Waals surface area contributed by atoms with Gasteiger partial charge in [0, 0.05) is 45.3 Å². The van der Waals surface area contributed by atoms with E-state index in [0.717, 1.165) is 39.1 Å². The van der Waals surface area contributed by atoms with Crippen LogP contribution >= 0.6 is 0 Å². The van der Waals surface area contributed by atoms with E-state index >= 15 is 0 Å². The Morgan fingerprint density at radius 1 is 1.26 bits per heavy atom. The largest absolute Gasteiger partial charge is 0.344 e. The van der Waals surface area contributed by atoms with Gasteiger partial charge in [-0.25, -0.2) is 9.37 Å². The third kappa shape index (κ3) is 2.70. The first-order valence-corrected chi connectivity index (χ1v) is 8.09. The van der Waals surface area contributed by atoms with Gasteiger partial charge < -0.3 is 15.2 Å². The number of nitrogens with one attached hydrogen (secondary N) is 2. The molecular weight excluding hydrogens is 297 g/mol. The van der Waals surface area contributed by atoms with Crippen LogP contribution in [0.15, 0.2) is 18.5 Å². The van der Waals surface area contributed by atoms with Crippen molar-refractivity contribution in [1.29, 1.82) is 0 Å². The van der Waals surface area contributed by atoms with Gasteiger partial charge in [-0.05, 0) is 18.6 Å². The molecule has 0 spiro atoms. The number of carbonyl (C=O) groups excluding carboxylic acids is 1. The van der Waals surface area contributed by atoms with Crippen LogP contribution in [0.25, 0.3) is 11.0 Å². The van der Waals surface area contributed by atoms with Gasteiger partial charge in [-0.1, -0.05) is 0 Å². The number of amides is 1. The number of likely N-dealkylation sites (tertiary alicyclic amines) is 1. The van der Waals surface area contributed by atoms with E-state index in [9.17, 15) is 9.18 Å². The van der Waals surface area contributed by atoms with Crippen molar-refractivity contribution >= 4 is 16.9 Å². The molecule has 1 aromatic carbocycles. The predicted octanol–water partition coefficient (Wildman–Crippen LogP) is 0.822. The van der Waals surface area contributed by atoms with Crippen LogP contribution in [0.2, 0.25) is 0 Å². The molecule has 1 atom stereocenters. The number of aromatic amines is 1. The highest BCUT2D eigenvalue weighted by Gasteiger charge is 2.32. The predicted molar refractivity (Wildman–Crippen MR) is 84.8 cm³/mol. The molecule has 3 heterocycles. The van der Waals surface area contributed by atoms with Crippen LogP contribution in [0.1, 0.15) is 16.8 Å². The summed E-state index contributed by atoms with van der Waals surface area (Å²) in [5.74, 6) is -0.540. The minimum absolute atomic E-state index is 0.126. The van der Waals surface area contributed by atoms with E-state index in [1.54, 1.807) is 0 Å². The number of fused-ring (bicyclic) bond motifs is 1. The SMILES string of the molecule is O=C(c1cc(F)cc2[nH]cnc12)N1CCC(N2CCNCC2)C1. The lowest BCUT2D eigenvalue weighted by Crippen LogP contribution is -2.49. The number of hydrogen-bond donors (Lipinski definition) is 2. The van der Waals surface area contributed by atoms with Crippen molar-refractivity contribution in [2.45, 2.75) is 12.5 Å². The van der Waals surface area contributed by atoms with Crippen LogP contribution in [0.3, 0.4) is 0 Å². The molecule has 0 aliphatic carbocycles. The molecule has 0 saturated carbocycles. The molecule has 2 aromatic rings. The van der Waals surface area contributed by atoms with Gasteiger partial charge in [0.05, 0.1) is 17.4 Å². The molecular formula is C16H20FN5O. The van der Waals surface area contributed by atoms with Crippen LogP contribution in [-0.4, -0.2) is 71.0 Å². The van der Waals surface area contributed by atoms with E-state index < -0.39 is 5.82 Å². The van der Waals surface area contributed by atoms with Crippen molar-refractivity contribution in [2.24, 2.45) is 0 Å². The van der Waals surface area contributed by atoms with Crippen molar-refractivity contribution in [1.82, 2.24) is 25.1 Å². The standard InChI is InChI=1S/C16H20FN5O/c17-11-7-13(15-14(8-11)19-10-20-15)16(23)22-4-1-12(9-22)21-5-2-18-3-6-21/h7-8,10,12,18H,1-6,9H2,(H,19,20). The van der Waals surface area contributed by atoms with E-state index in [4.69, 9.17) is 0 Å². The van der Waals surface area contributed by atoms with Crippen LogP contribution in [0.5, 0.6) is 0 Å². The number of aromatic nitrogens is 2. The maximum Gasteiger partial charge on any atom is 0.256 e. The Bertz CT molecular complexity index is 724. The van der Waals surface area contributed by atoms with Gasteiger partial charge in [-0.15, -0.1) is 0 Å². The van der Waals surface area contributed by atoms with Gasteiger partial charge in [0.2, 0.25) is 0 Å². The van der Waals surface area contributed by atoms with E-state index in [2.05, 4.69) is 20.2 Å². The number of halogens is 1. The molecule has 2 aliphatic heterocycles. The third-order valence-corrected chi connectivity index (χ3v) is 4.84. The lowest BCUT2D eigenvalue weighted by atomic mass is 10.1. The van der Waals surface area contributed by atoms with Crippen LogP contribution < -0.4 is 5.32 Å². The van der Waals surface area contributed by atoms with Crippen molar-refractivity contribution in [2.75, 3.05) is 39.3 Å². The molecule has 6 nitrogen and oxygen atoms in total. The van der Waals surface area contributed by atoms with Crippen LogP contribution in [-0.2, 0) is 0 Å². The Labute approximate surface area is 133 Å². The van der Waals surface area contributed by atoms with E-state index in [1.807, 2.05) is 4.90 Å². The number of hydrogen-bond acceptors (Lipinski definition) is 4. The van der Waals surface area contributed by atoms with Gasteiger partial charge >= 0.3 is 0 Å². The molecule has 4 rings (SSSR count). The molecule has 0 radical (unpaired) electrons. The Morgan fingerprint density at radius 3 is 2.91 bits per heavy atom. The number of benzene rings is 1. The Hall–Kier alpha value is -1.99. The fraction of sp³-hybridized carbons (Fsp3) is 0.500. The van der Waals surface area contributed by atoms with Gasteiger partial charge in [0.1, 0.15) is 11.3 Å². The summed E-state index contributed by atoms with van der Waals surface area (Å²) in [6, 6.07) is 3.07. The molecule has 0 bridgehead atoms. The molecule has 2 fully saturated rings. The summed E-state index contributed by atoms with van der Waals surface area (Å²) in [5, 5.41) is 3.35. The Balaban J connectivity index is 1.54. The molecule has 1 aromatic heterocycles. The monoisotopic (exact) mass is 317 g/mol. The highest BCUT2D eigenvalue weighted by molar-refractivity contribution is 6.04. The minimum atomic E-state index is -0.414. The quantitative estimate of drug-likeness (QED) is 0.861. The highest BCUT2D eigenvalue weighted by atomic mass is 19.1. The van der Waals surface area contributed by atoms with Gasteiger partial charge in [-0.3, -0.25) is 9.69 Å². The molecule has 1 amide bonds. The van der Waals surface area contributed by atoms with Gasteiger partial charge in [-0.2, -0.15) is 0 Å². The zero-order valence-electron chi connectivity index (χ0n) is 12.9. The maximum absolute atomic E-state index is 13.8. The summed E-state index contributed by atoms with van der Waals surface area (Å²) < 4.78 is 13.8. The zero-order valence-corrected chi connectivity index (χ0v) is 12.9. The maximum atomic E-state index is 13.8. The fourth-order valence-corrected chi connectivity index (χ4v) is 3.62. The van der Waals surface area contributed by atoms with Crippen LogP contribution in [0.4, 0.5) is 4.39 Å². The second-order valence-electron chi connectivity index (χ2n) is 6.23. The number of imidazole rings is 1. The number of carbonyl (C=O) groups is 1. The molecule has 2 N–H and O–H groups in total. The summed E-state index contributed by atoms with van der Waals surface area (Å²) in [6.45, 7) is 5.48. The summed E-state index contributed by atoms with van der Waals surface area (Å²) in [5.41, 5.74) is 1.45. The first kappa shape index (κ1) is 14.6. The average molecular weight is 317 g/mol. The lowest BCUT2D eigenvalue weighted by molar-refractivity contribution is 0.0774. The van der Waals surface area contributed by atoms with Crippen LogP contribution in [0, 0.1) is 5.82 Å². The molecule has 7 heteroatoms. The normalized spacial score (nSPS) is 22.8. The summed E-state index contributed by atoms with van der Waals surface area (Å²) in [7, 11) is 0. The first-order valence-electron chi connectivity index (χ1n) is 8.09. The average Bonchev–Trinajstić information content (AvgIpc) is 3.23. The van der Waals surface area contributed by atoms with Crippen molar-refractivity contribution in [3.8, 4) is 0 Å². The topological polar surface area (TPSA) is 64.3 Å². The smallest absolute Gasteiger partial charge is 0.256 e. The van der Waals surface area contributed by atoms with E-state index in [-0.39, 0.29) is 5.91 Å². The summed E-state index contributed by atoms with van der Waals surface area (Å²) in [6.07, 6.45) is 2.47. The second-order valence-corrected chi connectivity index (χ2v) is 6.23. The summed E-state index contributed by atoms with van der Waals surface area (Å²) >= 11 is 0. The Morgan fingerprint density at radius 2 is 2.09 bits per heavy atom. The number of piperazine rings is 1. The molecule has 1 unspecified atom stereocenters. The number of nitrogens with zero attached hydrogens (tertiary/aromatic N) is 3. The highest BCUT2D eigenvalue weighted by Crippen LogP contribution is 2.23. The van der Waals surface area contributed by atoms with E-state index in [0.29, 0.717) is 29.2 Å². The second kappa shape index (κ2) is 5.90. The Kier molecular flexibility index (Phi) is 3.74. The molecule has 2 aliphatic rings. The first-order chi connectivity index (χ1) is 11.2. The zero-order chi connectivity index (χ0) is 15.8. The van der Waals surface area contributed by atoms with Crippen molar-refractivity contribution in [3.05, 3.63) is 29.8 Å². The fourth-order valence-electron chi connectivity index (χ4n) is 3.62. The molecule has 122 valence electrons. The molecule has 23 heavy (non-hydrogen) atoms. The summed E-state index contributed by atoms with van der Waals surface area (Å²) in [4.78, 5) is 24.1. The molecule has 2 saturated heterocycles. The van der Waals surface area contributed by atoms with E-state index in [1.165, 1.54) is 18.5 Å². The third-order valence-electron chi connectivity index (χ3n) is 4.84. The number of H-pyrrole nitrogens is 1.